The maximum atomic E-state index is 12.2. The van der Waals surface area contributed by atoms with Crippen molar-refractivity contribution < 1.29 is 14.0 Å². The number of hydrogen-bond donors (Lipinski definition) is 1. The number of furan rings is 1. The number of rotatable bonds is 4. The molecule has 1 fully saturated rings. The fourth-order valence-corrected chi connectivity index (χ4v) is 2.94. The van der Waals surface area contributed by atoms with Gasteiger partial charge in [0.25, 0.3) is 5.91 Å². The Morgan fingerprint density at radius 3 is 2.48 bits per heavy atom. The maximum absolute atomic E-state index is 12.2. The Kier molecular flexibility index (Phi) is 5.63. The molecule has 2 amide bonds. The summed E-state index contributed by atoms with van der Waals surface area (Å²) in [4.78, 5) is 28.1. The minimum Gasteiger partial charge on any atom is -0.459 e. The smallest absolute Gasteiger partial charge is 0.289 e. The van der Waals surface area contributed by atoms with Gasteiger partial charge in [-0.25, -0.2) is 0 Å². The van der Waals surface area contributed by atoms with Crippen molar-refractivity contribution in [3.63, 3.8) is 0 Å². The molecular formula is C17H17Cl2N3O3. The van der Waals surface area contributed by atoms with Crippen LogP contribution in [0.4, 0.5) is 5.69 Å². The molecule has 132 valence electrons. The number of nitrogens with one attached hydrogen (secondary N) is 1. The number of hydrogen-bond acceptors (Lipinski definition) is 4. The van der Waals surface area contributed by atoms with E-state index in [0.29, 0.717) is 47.7 Å². The highest BCUT2D eigenvalue weighted by atomic mass is 35.5. The first-order valence-electron chi connectivity index (χ1n) is 7.83. The van der Waals surface area contributed by atoms with Crippen LogP contribution in [-0.4, -0.2) is 54.3 Å². The normalized spacial score (nSPS) is 15.2. The second kappa shape index (κ2) is 7.91. The van der Waals surface area contributed by atoms with Gasteiger partial charge < -0.3 is 14.6 Å². The maximum Gasteiger partial charge on any atom is 0.289 e. The summed E-state index contributed by atoms with van der Waals surface area (Å²) in [6.07, 6.45) is 1.48. The number of carbonyl (C=O) groups is 2. The molecule has 1 aliphatic heterocycles. The molecule has 1 N–H and O–H groups in total. The molecule has 25 heavy (non-hydrogen) atoms. The van der Waals surface area contributed by atoms with E-state index in [1.807, 2.05) is 4.90 Å². The van der Waals surface area contributed by atoms with Crippen molar-refractivity contribution in [3.05, 3.63) is 52.4 Å². The molecule has 0 saturated carbocycles. The van der Waals surface area contributed by atoms with Gasteiger partial charge in [-0.1, -0.05) is 23.2 Å². The fourth-order valence-electron chi connectivity index (χ4n) is 2.64. The van der Waals surface area contributed by atoms with E-state index in [2.05, 4.69) is 5.32 Å². The molecule has 1 aromatic heterocycles. The average molecular weight is 382 g/mol. The lowest BCUT2D eigenvalue weighted by molar-refractivity contribution is -0.117. The third-order valence-corrected chi connectivity index (χ3v) is 4.70. The standard InChI is InChI=1S/C17H17Cl2N3O3/c18-13-4-3-12(10-14(13)19)20-16(23)11-21-5-7-22(8-6-21)17(24)15-2-1-9-25-15/h1-4,9-10H,5-8,11H2,(H,20,23). The zero-order valence-corrected chi connectivity index (χ0v) is 14.9. The van der Waals surface area contributed by atoms with Gasteiger partial charge in [0.15, 0.2) is 5.76 Å². The van der Waals surface area contributed by atoms with E-state index in [0.717, 1.165) is 0 Å². The van der Waals surface area contributed by atoms with Gasteiger partial charge in [-0.3, -0.25) is 14.5 Å². The van der Waals surface area contributed by atoms with Crippen LogP contribution in [0.2, 0.25) is 10.0 Å². The lowest BCUT2D eigenvalue weighted by Crippen LogP contribution is -2.50. The zero-order valence-electron chi connectivity index (χ0n) is 13.4. The molecule has 0 radical (unpaired) electrons. The summed E-state index contributed by atoms with van der Waals surface area (Å²) >= 11 is 11.8. The van der Waals surface area contributed by atoms with E-state index in [9.17, 15) is 9.59 Å². The van der Waals surface area contributed by atoms with E-state index in [1.54, 1.807) is 35.2 Å². The number of piperazine rings is 1. The van der Waals surface area contributed by atoms with Crippen molar-refractivity contribution >= 4 is 40.7 Å². The Morgan fingerprint density at radius 2 is 1.84 bits per heavy atom. The Balaban J connectivity index is 1.47. The molecule has 3 rings (SSSR count). The summed E-state index contributed by atoms with van der Waals surface area (Å²) < 4.78 is 5.14. The summed E-state index contributed by atoms with van der Waals surface area (Å²) in [5.74, 6) is 0.0833. The monoisotopic (exact) mass is 381 g/mol. The number of carbonyl (C=O) groups excluding carboxylic acids is 2. The summed E-state index contributed by atoms with van der Waals surface area (Å²) in [6.45, 7) is 2.62. The van der Waals surface area contributed by atoms with E-state index in [-0.39, 0.29) is 18.4 Å². The Bertz CT molecular complexity index is 757. The predicted octanol–water partition coefficient (Wildman–Crippen LogP) is 2.98. The van der Waals surface area contributed by atoms with Crippen LogP contribution < -0.4 is 5.32 Å². The second-order valence-corrected chi connectivity index (χ2v) is 6.54. The predicted molar refractivity (Wildman–Crippen MR) is 96.1 cm³/mol. The minimum absolute atomic E-state index is 0.120. The van der Waals surface area contributed by atoms with Crippen molar-refractivity contribution in [2.24, 2.45) is 0 Å². The third-order valence-electron chi connectivity index (χ3n) is 3.96. The van der Waals surface area contributed by atoms with Gasteiger partial charge in [0.2, 0.25) is 5.91 Å². The molecule has 1 aromatic carbocycles. The molecular weight excluding hydrogens is 365 g/mol. The highest BCUT2D eigenvalue weighted by molar-refractivity contribution is 6.42. The fraction of sp³-hybridized carbons (Fsp3) is 0.294. The lowest BCUT2D eigenvalue weighted by atomic mass is 10.2. The van der Waals surface area contributed by atoms with Gasteiger partial charge in [-0.15, -0.1) is 0 Å². The molecule has 0 spiro atoms. The van der Waals surface area contributed by atoms with Crippen LogP contribution in [0, 0.1) is 0 Å². The van der Waals surface area contributed by atoms with Crippen LogP contribution in [0.15, 0.2) is 41.0 Å². The number of benzene rings is 1. The second-order valence-electron chi connectivity index (χ2n) is 5.72. The molecule has 2 heterocycles. The summed E-state index contributed by atoms with van der Waals surface area (Å²) in [5.41, 5.74) is 0.603. The minimum atomic E-state index is -0.135. The molecule has 0 aliphatic carbocycles. The quantitative estimate of drug-likeness (QED) is 0.883. The first kappa shape index (κ1) is 17.8. The topological polar surface area (TPSA) is 65.8 Å². The van der Waals surface area contributed by atoms with Crippen LogP contribution in [0.3, 0.4) is 0 Å². The van der Waals surface area contributed by atoms with Crippen LogP contribution in [0.25, 0.3) is 0 Å². The number of amides is 2. The number of nitrogens with zero attached hydrogens (tertiary/aromatic N) is 2. The molecule has 8 heteroatoms. The number of anilines is 1. The Labute approximate surface area is 155 Å². The number of halogens is 2. The van der Waals surface area contributed by atoms with Gasteiger partial charge in [-0.05, 0) is 30.3 Å². The van der Waals surface area contributed by atoms with Crippen molar-refractivity contribution in [2.45, 2.75) is 0 Å². The van der Waals surface area contributed by atoms with Gasteiger partial charge >= 0.3 is 0 Å². The lowest BCUT2D eigenvalue weighted by Gasteiger charge is -2.33. The van der Waals surface area contributed by atoms with Crippen LogP contribution in [-0.2, 0) is 4.79 Å². The van der Waals surface area contributed by atoms with Crippen molar-refractivity contribution in [2.75, 3.05) is 38.0 Å². The third kappa shape index (κ3) is 4.54. The van der Waals surface area contributed by atoms with E-state index >= 15 is 0 Å². The van der Waals surface area contributed by atoms with Gasteiger partial charge in [0.1, 0.15) is 0 Å². The van der Waals surface area contributed by atoms with E-state index < -0.39 is 0 Å². The van der Waals surface area contributed by atoms with Gasteiger partial charge in [-0.2, -0.15) is 0 Å². The average Bonchev–Trinajstić information content (AvgIpc) is 3.13. The Hall–Kier alpha value is -2.02. The molecule has 0 atom stereocenters. The van der Waals surface area contributed by atoms with E-state index in [4.69, 9.17) is 27.6 Å². The van der Waals surface area contributed by atoms with Gasteiger partial charge in [0.05, 0.1) is 22.9 Å². The molecule has 2 aromatic rings. The van der Waals surface area contributed by atoms with Crippen molar-refractivity contribution in [1.82, 2.24) is 9.80 Å². The highest BCUT2D eigenvalue weighted by Crippen LogP contribution is 2.25. The highest BCUT2D eigenvalue weighted by Gasteiger charge is 2.24. The first-order chi connectivity index (χ1) is 12.0. The molecule has 0 bridgehead atoms. The zero-order chi connectivity index (χ0) is 17.8. The first-order valence-corrected chi connectivity index (χ1v) is 8.58. The van der Waals surface area contributed by atoms with Gasteiger partial charge in [0, 0.05) is 31.9 Å². The molecule has 0 unspecified atom stereocenters. The molecule has 1 saturated heterocycles. The van der Waals surface area contributed by atoms with E-state index in [1.165, 1.54) is 6.26 Å². The van der Waals surface area contributed by atoms with Crippen LogP contribution in [0.5, 0.6) is 0 Å². The molecule has 6 nitrogen and oxygen atoms in total. The Morgan fingerprint density at radius 1 is 1.08 bits per heavy atom. The van der Waals surface area contributed by atoms with Crippen LogP contribution >= 0.6 is 23.2 Å². The van der Waals surface area contributed by atoms with Crippen molar-refractivity contribution in [3.8, 4) is 0 Å². The van der Waals surface area contributed by atoms with Crippen molar-refractivity contribution in [1.29, 1.82) is 0 Å². The SMILES string of the molecule is O=C(CN1CCN(C(=O)c2ccco2)CC1)Nc1ccc(Cl)c(Cl)c1. The summed E-state index contributed by atoms with van der Waals surface area (Å²) in [5, 5.41) is 3.63. The van der Waals surface area contributed by atoms with Crippen LogP contribution in [0.1, 0.15) is 10.6 Å². The summed E-state index contributed by atoms with van der Waals surface area (Å²) in [7, 11) is 0. The largest absolute Gasteiger partial charge is 0.459 e. The summed E-state index contributed by atoms with van der Waals surface area (Å²) in [6, 6.07) is 8.29. The molecule has 1 aliphatic rings.